The van der Waals surface area contributed by atoms with Gasteiger partial charge in [0, 0.05) is 17.1 Å². The van der Waals surface area contributed by atoms with Crippen LogP contribution in [-0.4, -0.2) is 35.9 Å². The van der Waals surface area contributed by atoms with Gasteiger partial charge in [-0.2, -0.15) is 0 Å². The van der Waals surface area contributed by atoms with Crippen LogP contribution >= 0.6 is 15.9 Å². The Balaban J connectivity index is 1.86. The third kappa shape index (κ3) is 4.22. The Morgan fingerprint density at radius 3 is 2.65 bits per heavy atom. The van der Waals surface area contributed by atoms with Crippen LogP contribution in [0.3, 0.4) is 0 Å². The molecule has 2 atom stereocenters. The van der Waals surface area contributed by atoms with Crippen molar-refractivity contribution in [3.8, 4) is 0 Å². The molecule has 1 aliphatic heterocycles. The predicted molar refractivity (Wildman–Crippen MR) is 108 cm³/mol. The minimum absolute atomic E-state index is 0.220. The maximum Gasteiger partial charge on any atom is 0.376 e. The Kier molecular flexibility index (Phi) is 5.33. The van der Waals surface area contributed by atoms with Crippen LogP contribution < -0.4 is 5.43 Å². The number of carbonyl (C=O) groups excluding carboxylic acids is 1. The van der Waals surface area contributed by atoms with Gasteiger partial charge in [0.1, 0.15) is 0 Å². The highest BCUT2D eigenvalue weighted by Gasteiger charge is 2.51. The summed E-state index contributed by atoms with van der Waals surface area (Å²) in [6.07, 6.45) is 3.34. The highest BCUT2D eigenvalue weighted by molar-refractivity contribution is 9.10. The number of halogens is 1. The van der Waals surface area contributed by atoms with Gasteiger partial charge in [-0.3, -0.25) is 5.43 Å². The standard InChI is InChI=1S/C20H28BrN3O2/c1-5-26-18(25)17(23-22-15-8-6-14(21)7-9-15)24-13-20(4)11-16(24)10-19(2,3)12-20/h6-9,16,22H,5,10-13H2,1-4H3. The van der Waals surface area contributed by atoms with Crippen molar-refractivity contribution in [2.45, 2.75) is 53.0 Å². The maximum atomic E-state index is 12.6. The van der Waals surface area contributed by atoms with Crippen LogP contribution in [0.1, 0.15) is 47.0 Å². The average molecular weight is 422 g/mol. The molecule has 1 aliphatic carbocycles. The minimum atomic E-state index is -0.355. The Morgan fingerprint density at radius 2 is 2.00 bits per heavy atom. The van der Waals surface area contributed by atoms with Crippen LogP contribution in [0.2, 0.25) is 0 Å². The third-order valence-corrected chi connectivity index (χ3v) is 5.81. The van der Waals surface area contributed by atoms with Crippen molar-refractivity contribution in [1.82, 2.24) is 4.90 Å². The summed E-state index contributed by atoms with van der Waals surface area (Å²) in [4.78, 5) is 14.8. The van der Waals surface area contributed by atoms with Crippen molar-refractivity contribution in [1.29, 1.82) is 0 Å². The number of hydrazone groups is 1. The molecule has 2 aliphatic rings. The van der Waals surface area contributed by atoms with Gasteiger partial charge in [0.25, 0.3) is 0 Å². The Labute approximate surface area is 164 Å². The minimum Gasteiger partial charge on any atom is -0.460 e. The second-order valence-electron chi connectivity index (χ2n) is 8.62. The summed E-state index contributed by atoms with van der Waals surface area (Å²) in [5.74, 6) is 0.0345. The Bertz CT molecular complexity index is 702. The summed E-state index contributed by atoms with van der Waals surface area (Å²) < 4.78 is 6.30. The first kappa shape index (κ1) is 19.2. The van der Waals surface area contributed by atoms with Gasteiger partial charge in [-0.05, 0) is 61.3 Å². The number of amidine groups is 1. The topological polar surface area (TPSA) is 53.9 Å². The fraction of sp³-hybridized carbons (Fsp3) is 0.600. The second-order valence-corrected chi connectivity index (χ2v) is 9.53. The van der Waals surface area contributed by atoms with E-state index in [1.54, 1.807) is 0 Å². The largest absolute Gasteiger partial charge is 0.460 e. The molecule has 2 unspecified atom stereocenters. The van der Waals surface area contributed by atoms with Crippen LogP contribution in [0.15, 0.2) is 33.8 Å². The molecule has 1 N–H and O–H groups in total. The molecule has 2 fully saturated rings. The predicted octanol–water partition coefficient (Wildman–Crippen LogP) is 4.64. The van der Waals surface area contributed by atoms with Crippen molar-refractivity contribution in [2.75, 3.05) is 18.6 Å². The molecule has 0 radical (unpaired) electrons. The number of nitrogens with one attached hydrogen (secondary N) is 1. The molecule has 1 aromatic carbocycles. The van der Waals surface area contributed by atoms with Crippen molar-refractivity contribution < 1.29 is 9.53 Å². The summed E-state index contributed by atoms with van der Waals surface area (Å²) in [6.45, 7) is 9.98. The van der Waals surface area contributed by atoms with E-state index in [1.165, 1.54) is 6.42 Å². The van der Waals surface area contributed by atoms with Crippen LogP contribution in [0.25, 0.3) is 0 Å². The van der Waals surface area contributed by atoms with E-state index in [0.717, 1.165) is 29.5 Å². The summed E-state index contributed by atoms with van der Waals surface area (Å²) in [6, 6.07) is 8.05. The first-order chi connectivity index (χ1) is 12.2. The Hall–Kier alpha value is -1.56. The van der Waals surface area contributed by atoms with Crippen molar-refractivity contribution in [3.63, 3.8) is 0 Å². The lowest BCUT2D eigenvalue weighted by atomic mass is 9.65. The SMILES string of the molecule is CCOC(=O)C(=NNc1ccc(Br)cc1)N1CC2(C)CC1CC(C)(C)C2. The fourth-order valence-electron chi connectivity index (χ4n) is 4.77. The summed E-state index contributed by atoms with van der Waals surface area (Å²) >= 11 is 3.42. The molecular formula is C20H28BrN3O2. The van der Waals surface area contributed by atoms with Gasteiger partial charge in [0.15, 0.2) is 0 Å². The molecule has 1 aromatic rings. The molecule has 0 spiro atoms. The zero-order valence-corrected chi connectivity index (χ0v) is 17.6. The van der Waals surface area contributed by atoms with Gasteiger partial charge in [-0.1, -0.05) is 36.7 Å². The molecule has 0 aromatic heterocycles. The first-order valence-corrected chi connectivity index (χ1v) is 10.0. The molecule has 26 heavy (non-hydrogen) atoms. The lowest BCUT2D eigenvalue weighted by Crippen LogP contribution is -2.42. The third-order valence-electron chi connectivity index (χ3n) is 5.28. The number of fused-ring (bicyclic) bond motifs is 2. The van der Waals surface area contributed by atoms with Crippen molar-refractivity contribution in [3.05, 3.63) is 28.7 Å². The summed E-state index contributed by atoms with van der Waals surface area (Å²) in [5, 5.41) is 4.47. The molecule has 1 heterocycles. The molecular weight excluding hydrogens is 394 g/mol. The molecule has 3 rings (SSSR count). The number of anilines is 1. The normalized spacial score (nSPS) is 27.3. The number of hydrogen-bond donors (Lipinski definition) is 1. The molecule has 0 amide bonds. The van der Waals surface area contributed by atoms with Gasteiger partial charge in [0.2, 0.25) is 5.84 Å². The second kappa shape index (κ2) is 7.22. The maximum absolute atomic E-state index is 12.6. The molecule has 2 bridgehead atoms. The fourth-order valence-corrected chi connectivity index (χ4v) is 5.04. The first-order valence-electron chi connectivity index (χ1n) is 9.24. The molecule has 142 valence electrons. The van der Waals surface area contributed by atoms with E-state index in [0.29, 0.717) is 18.5 Å². The van der Waals surface area contributed by atoms with Gasteiger partial charge in [0.05, 0.1) is 12.3 Å². The lowest BCUT2D eigenvalue weighted by molar-refractivity contribution is -0.136. The average Bonchev–Trinajstić information content (AvgIpc) is 2.78. The molecule has 6 heteroatoms. The smallest absolute Gasteiger partial charge is 0.376 e. The van der Waals surface area contributed by atoms with E-state index >= 15 is 0 Å². The van der Waals surface area contributed by atoms with Gasteiger partial charge < -0.3 is 9.64 Å². The lowest BCUT2D eigenvalue weighted by Gasteiger charge is -2.39. The number of ether oxygens (including phenoxy) is 1. The Morgan fingerprint density at radius 1 is 1.31 bits per heavy atom. The molecule has 5 nitrogen and oxygen atoms in total. The highest BCUT2D eigenvalue weighted by Crippen LogP contribution is 2.52. The number of hydrogen-bond acceptors (Lipinski definition) is 4. The number of rotatable bonds is 3. The van der Waals surface area contributed by atoms with Crippen molar-refractivity contribution >= 4 is 33.4 Å². The summed E-state index contributed by atoms with van der Waals surface area (Å²) in [7, 11) is 0. The van der Waals surface area contributed by atoms with E-state index < -0.39 is 0 Å². The van der Waals surface area contributed by atoms with Crippen LogP contribution in [0, 0.1) is 10.8 Å². The van der Waals surface area contributed by atoms with E-state index in [2.05, 4.69) is 52.1 Å². The van der Waals surface area contributed by atoms with Crippen LogP contribution in [-0.2, 0) is 9.53 Å². The zero-order chi connectivity index (χ0) is 18.9. The van der Waals surface area contributed by atoms with Crippen molar-refractivity contribution in [2.24, 2.45) is 15.9 Å². The van der Waals surface area contributed by atoms with E-state index in [4.69, 9.17) is 4.74 Å². The monoisotopic (exact) mass is 421 g/mol. The number of carbonyl (C=O) groups is 1. The number of esters is 1. The number of nitrogens with zero attached hydrogens (tertiary/aromatic N) is 2. The number of likely N-dealkylation sites (tertiary alicyclic amines) is 1. The van der Waals surface area contributed by atoms with Gasteiger partial charge in [-0.25, -0.2) is 4.79 Å². The number of benzene rings is 1. The quantitative estimate of drug-likeness (QED) is 0.334. The molecule has 1 saturated heterocycles. The highest BCUT2D eigenvalue weighted by atomic mass is 79.9. The van der Waals surface area contributed by atoms with E-state index in [-0.39, 0.29) is 16.8 Å². The van der Waals surface area contributed by atoms with E-state index in [1.807, 2.05) is 31.2 Å². The van der Waals surface area contributed by atoms with Crippen LogP contribution in [0.5, 0.6) is 0 Å². The van der Waals surface area contributed by atoms with Gasteiger partial charge >= 0.3 is 5.97 Å². The van der Waals surface area contributed by atoms with Crippen LogP contribution in [0.4, 0.5) is 5.69 Å². The summed E-state index contributed by atoms with van der Waals surface area (Å²) in [5.41, 5.74) is 4.37. The van der Waals surface area contributed by atoms with E-state index in [9.17, 15) is 4.79 Å². The van der Waals surface area contributed by atoms with Gasteiger partial charge in [-0.15, -0.1) is 5.10 Å². The zero-order valence-electron chi connectivity index (χ0n) is 16.0. The molecule has 1 saturated carbocycles.